The minimum atomic E-state index is 0.415. The van der Waals surface area contributed by atoms with Crippen LogP contribution in [0.3, 0.4) is 0 Å². The van der Waals surface area contributed by atoms with Gasteiger partial charge in [0.1, 0.15) is 0 Å². The molecule has 2 rings (SSSR count). The van der Waals surface area contributed by atoms with Crippen LogP contribution in [0.25, 0.3) is 0 Å². The molecule has 1 saturated heterocycles. The molecule has 1 aliphatic heterocycles. The summed E-state index contributed by atoms with van der Waals surface area (Å²) < 4.78 is 5.57. The van der Waals surface area contributed by atoms with E-state index in [1.54, 1.807) is 0 Å². The highest BCUT2D eigenvalue weighted by Crippen LogP contribution is 2.23. The molecule has 0 aliphatic carbocycles. The van der Waals surface area contributed by atoms with E-state index in [1.807, 2.05) is 18.7 Å². The summed E-state index contributed by atoms with van der Waals surface area (Å²) in [6.07, 6.45) is 0.939. The highest BCUT2D eigenvalue weighted by Gasteiger charge is 2.20. The van der Waals surface area contributed by atoms with Crippen molar-refractivity contribution < 1.29 is 4.74 Å². The van der Waals surface area contributed by atoms with E-state index >= 15 is 0 Å². The summed E-state index contributed by atoms with van der Waals surface area (Å²) in [5.41, 5.74) is 0. The first-order valence-electron chi connectivity index (χ1n) is 7.22. The molecule has 7 heteroatoms. The lowest BCUT2D eigenvalue weighted by atomic mass is 10.4. The van der Waals surface area contributed by atoms with Gasteiger partial charge >= 0.3 is 6.01 Å². The Kier molecular flexibility index (Phi) is 5.70. The Morgan fingerprint density at radius 2 is 2.20 bits per heavy atom. The van der Waals surface area contributed by atoms with Crippen LogP contribution in [-0.2, 0) is 0 Å². The fraction of sp³-hybridized carbons (Fsp3) is 0.769. The molecule has 1 aromatic heterocycles. The van der Waals surface area contributed by atoms with E-state index in [4.69, 9.17) is 4.74 Å². The van der Waals surface area contributed by atoms with Crippen LogP contribution in [0.15, 0.2) is 0 Å². The molecule has 1 N–H and O–H groups in total. The summed E-state index contributed by atoms with van der Waals surface area (Å²) in [5, 5.41) is 3.74. The molecule has 1 unspecified atom stereocenters. The average molecular weight is 297 g/mol. The molecule has 0 radical (unpaired) electrons. The lowest BCUT2D eigenvalue weighted by Crippen LogP contribution is -2.38. The van der Waals surface area contributed by atoms with Crippen LogP contribution in [0.1, 0.15) is 27.2 Å². The SMILES string of the molecule is CCCOc1nc(NCC)nc(N2CCSC(C)C2)n1. The van der Waals surface area contributed by atoms with E-state index in [1.165, 1.54) is 0 Å². The number of hydrogen-bond acceptors (Lipinski definition) is 7. The molecule has 0 bridgehead atoms. The third kappa shape index (κ3) is 4.13. The topological polar surface area (TPSA) is 63.2 Å². The Morgan fingerprint density at radius 3 is 2.90 bits per heavy atom. The van der Waals surface area contributed by atoms with Gasteiger partial charge in [-0.1, -0.05) is 13.8 Å². The largest absolute Gasteiger partial charge is 0.463 e. The van der Waals surface area contributed by atoms with E-state index in [0.29, 0.717) is 29.8 Å². The highest BCUT2D eigenvalue weighted by atomic mass is 32.2. The van der Waals surface area contributed by atoms with Gasteiger partial charge in [0, 0.05) is 30.6 Å². The second-order valence-corrected chi connectivity index (χ2v) is 6.29. The smallest absolute Gasteiger partial charge is 0.323 e. The molecule has 1 aromatic rings. The molecular weight excluding hydrogens is 274 g/mol. The van der Waals surface area contributed by atoms with Crippen LogP contribution >= 0.6 is 11.8 Å². The number of nitrogens with one attached hydrogen (secondary N) is 1. The summed E-state index contributed by atoms with van der Waals surface area (Å²) in [6, 6.07) is 0.415. The minimum Gasteiger partial charge on any atom is -0.463 e. The molecule has 1 aliphatic rings. The second kappa shape index (κ2) is 7.52. The van der Waals surface area contributed by atoms with Crippen LogP contribution < -0.4 is 15.0 Å². The number of ether oxygens (including phenoxy) is 1. The van der Waals surface area contributed by atoms with Gasteiger partial charge in [0.25, 0.3) is 0 Å². The minimum absolute atomic E-state index is 0.415. The molecular formula is C13H23N5OS. The van der Waals surface area contributed by atoms with Gasteiger partial charge in [-0.25, -0.2) is 0 Å². The Morgan fingerprint density at radius 1 is 1.35 bits per heavy atom. The number of thioether (sulfide) groups is 1. The van der Waals surface area contributed by atoms with Crippen molar-refractivity contribution in [1.29, 1.82) is 0 Å². The third-order valence-electron chi connectivity index (χ3n) is 2.90. The summed E-state index contributed by atoms with van der Waals surface area (Å²) in [5.74, 6) is 2.41. The van der Waals surface area contributed by atoms with Crippen LogP contribution in [-0.4, -0.2) is 52.2 Å². The third-order valence-corrected chi connectivity index (χ3v) is 4.03. The van der Waals surface area contributed by atoms with Crippen molar-refractivity contribution in [1.82, 2.24) is 15.0 Å². The lowest BCUT2D eigenvalue weighted by Gasteiger charge is -2.30. The average Bonchev–Trinajstić information content (AvgIpc) is 2.45. The van der Waals surface area contributed by atoms with Crippen LogP contribution in [0.2, 0.25) is 0 Å². The lowest BCUT2D eigenvalue weighted by molar-refractivity contribution is 0.292. The predicted molar refractivity (Wildman–Crippen MR) is 83.9 cm³/mol. The zero-order valence-corrected chi connectivity index (χ0v) is 13.2. The number of aromatic nitrogens is 3. The fourth-order valence-electron chi connectivity index (χ4n) is 1.98. The molecule has 1 fully saturated rings. The number of nitrogens with zero attached hydrogens (tertiary/aromatic N) is 4. The van der Waals surface area contributed by atoms with Crippen molar-refractivity contribution >= 4 is 23.7 Å². The number of rotatable bonds is 6. The summed E-state index contributed by atoms with van der Waals surface area (Å²) in [4.78, 5) is 15.4. The zero-order valence-electron chi connectivity index (χ0n) is 12.4. The van der Waals surface area contributed by atoms with E-state index in [-0.39, 0.29) is 0 Å². The summed E-state index contributed by atoms with van der Waals surface area (Å²) in [6.45, 7) is 9.67. The molecule has 0 aromatic carbocycles. The standard InChI is InChI=1S/C13H23N5OS/c1-4-7-19-13-16-11(14-5-2)15-12(17-13)18-6-8-20-10(3)9-18/h10H,4-9H2,1-3H3,(H,14,15,16,17). The maximum absolute atomic E-state index is 5.57. The second-order valence-electron chi connectivity index (χ2n) is 4.75. The van der Waals surface area contributed by atoms with Gasteiger partial charge in [-0.3, -0.25) is 0 Å². The first-order chi connectivity index (χ1) is 9.72. The van der Waals surface area contributed by atoms with Gasteiger partial charge in [-0.05, 0) is 13.3 Å². The van der Waals surface area contributed by atoms with E-state index < -0.39 is 0 Å². The van der Waals surface area contributed by atoms with Crippen molar-refractivity contribution in [3.8, 4) is 6.01 Å². The molecule has 20 heavy (non-hydrogen) atoms. The number of anilines is 2. The van der Waals surface area contributed by atoms with Crippen LogP contribution in [0.4, 0.5) is 11.9 Å². The van der Waals surface area contributed by atoms with Crippen LogP contribution in [0, 0.1) is 0 Å². The normalized spacial score (nSPS) is 18.9. The Bertz CT molecular complexity index is 431. The van der Waals surface area contributed by atoms with Gasteiger partial charge in [0.2, 0.25) is 11.9 Å². The first-order valence-corrected chi connectivity index (χ1v) is 8.27. The maximum Gasteiger partial charge on any atom is 0.323 e. The van der Waals surface area contributed by atoms with Gasteiger partial charge in [0.15, 0.2) is 0 Å². The van der Waals surface area contributed by atoms with Gasteiger partial charge in [-0.15, -0.1) is 0 Å². The summed E-state index contributed by atoms with van der Waals surface area (Å²) in [7, 11) is 0. The van der Waals surface area contributed by atoms with Crippen molar-refractivity contribution in [3.63, 3.8) is 0 Å². The van der Waals surface area contributed by atoms with E-state index in [9.17, 15) is 0 Å². The van der Waals surface area contributed by atoms with E-state index in [2.05, 4.69) is 39.0 Å². The molecule has 6 nitrogen and oxygen atoms in total. The quantitative estimate of drug-likeness (QED) is 0.862. The summed E-state index contributed by atoms with van der Waals surface area (Å²) >= 11 is 1.99. The Hall–Kier alpha value is -1.24. The first kappa shape index (κ1) is 15.2. The van der Waals surface area contributed by atoms with Crippen molar-refractivity contribution in [3.05, 3.63) is 0 Å². The van der Waals surface area contributed by atoms with E-state index in [0.717, 1.165) is 31.8 Å². The van der Waals surface area contributed by atoms with Gasteiger partial charge in [-0.2, -0.15) is 26.7 Å². The number of hydrogen-bond donors (Lipinski definition) is 1. The molecule has 1 atom stereocenters. The molecule has 0 amide bonds. The zero-order chi connectivity index (χ0) is 14.4. The molecule has 2 heterocycles. The van der Waals surface area contributed by atoms with Gasteiger partial charge in [0.05, 0.1) is 6.61 Å². The maximum atomic E-state index is 5.57. The Balaban J connectivity index is 2.18. The molecule has 0 saturated carbocycles. The predicted octanol–water partition coefficient (Wildman–Crippen LogP) is 2.03. The van der Waals surface area contributed by atoms with Crippen molar-refractivity contribution in [2.75, 3.05) is 42.2 Å². The van der Waals surface area contributed by atoms with Crippen molar-refractivity contribution in [2.24, 2.45) is 0 Å². The van der Waals surface area contributed by atoms with Gasteiger partial charge < -0.3 is 15.0 Å². The molecule has 0 spiro atoms. The fourth-order valence-corrected chi connectivity index (χ4v) is 3.00. The monoisotopic (exact) mass is 297 g/mol. The van der Waals surface area contributed by atoms with Crippen molar-refractivity contribution in [2.45, 2.75) is 32.4 Å². The van der Waals surface area contributed by atoms with Crippen LogP contribution in [0.5, 0.6) is 6.01 Å². The molecule has 112 valence electrons. The Labute approximate surface area is 124 Å². The highest BCUT2D eigenvalue weighted by molar-refractivity contribution is 8.00.